The average molecular weight is 434 g/mol. The third-order valence-corrected chi connectivity index (χ3v) is 5.86. The molecule has 0 radical (unpaired) electrons. The summed E-state index contributed by atoms with van der Waals surface area (Å²) in [5.41, 5.74) is 3.78. The number of aliphatic carboxylic acids is 1. The van der Waals surface area contributed by atoms with E-state index < -0.39 is 5.97 Å². The minimum atomic E-state index is -0.845. The number of fused-ring (bicyclic) bond motifs is 1. The van der Waals surface area contributed by atoms with Gasteiger partial charge in [-0.05, 0) is 56.2 Å². The number of carboxylic acids is 1. The number of hydrogen-bond donors (Lipinski definition) is 2. The van der Waals surface area contributed by atoms with Gasteiger partial charge in [-0.15, -0.1) is 11.3 Å². The first-order chi connectivity index (χ1) is 14.9. The van der Waals surface area contributed by atoms with Crippen LogP contribution in [0.15, 0.2) is 48.5 Å². The number of carbonyl (C=O) groups is 1. The second kappa shape index (κ2) is 8.73. The lowest BCUT2D eigenvalue weighted by molar-refractivity contribution is -0.136. The Bertz CT molecular complexity index is 1230. The maximum atomic E-state index is 10.9. The molecule has 0 spiro atoms. The molecule has 2 aromatic carbocycles. The van der Waals surface area contributed by atoms with Crippen molar-refractivity contribution in [3.05, 3.63) is 64.8 Å². The van der Waals surface area contributed by atoms with Gasteiger partial charge in [-0.3, -0.25) is 4.79 Å². The first-order valence-electron chi connectivity index (χ1n) is 10.0. The highest BCUT2D eigenvalue weighted by Crippen LogP contribution is 2.41. The zero-order valence-corrected chi connectivity index (χ0v) is 18.4. The Kier molecular flexibility index (Phi) is 5.86. The van der Waals surface area contributed by atoms with Crippen molar-refractivity contribution in [3.8, 4) is 16.9 Å². The number of benzene rings is 2. The molecule has 2 heterocycles. The molecule has 4 rings (SSSR count). The van der Waals surface area contributed by atoms with Gasteiger partial charge in [0.25, 0.3) is 0 Å². The molecule has 0 saturated heterocycles. The number of nitrogens with one attached hydrogen (secondary N) is 1. The molecule has 0 aliphatic carbocycles. The monoisotopic (exact) mass is 433 g/mol. The molecule has 0 amide bonds. The van der Waals surface area contributed by atoms with Crippen LogP contribution in [0.2, 0.25) is 0 Å². The number of thiophene rings is 1. The van der Waals surface area contributed by atoms with Crippen molar-refractivity contribution in [2.45, 2.75) is 27.2 Å². The number of aromatic nitrogens is 2. The van der Waals surface area contributed by atoms with Gasteiger partial charge < -0.3 is 15.2 Å². The van der Waals surface area contributed by atoms with Gasteiger partial charge in [0, 0.05) is 16.1 Å². The summed E-state index contributed by atoms with van der Waals surface area (Å²) >= 11 is 1.65. The predicted octanol–water partition coefficient (Wildman–Crippen LogP) is 5.74. The number of aryl methyl sites for hydroxylation is 2. The van der Waals surface area contributed by atoms with Crippen molar-refractivity contribution in [2.24, 2.45) is 0 Å². The van der Waals surface area contributed by atoms with E-state index in [4.69, 9.17) is 9.84 Å². The van der Waals surface area contributed by atoms with Crippen LogP contribution in [0.5, 0.6) is 5.75 Å². The van der Waals surface area contributed by atoms with E-state index >= 15 is 0 Å². The molecule has 4 aromatic rings. The van der Waals surface area contributed by atoms with Gasteiger partial charge in [0.2, 0.25) is 0 Å². The molecule has 2 N–H and O–H groups in total. The highest BCUT2D eigenvalue weighted by atomic mass is 32.1. The summed E-state index contributed by atoms with van der Waals surface area (Å²) in [5, 5.41) is 13.4. The molecule has 0 aliphatic rings. The lowest BCUT2D eigenvalue weighted by Gasteiger charge is -2.11. The van der Waals surface area contributed by atoms with E-state index in [-0.39, 0.29) is 6.42 Å². The van der Waals surface area contributed by atoms with E-state index in [1.807, 2.05) is 50.2 Å². The molecule has 0 fully saturated rings. The SMILES string of the molecule is CCOc1ccc(-c2c(C)sc3nc(C)nc(Nc4ccc(CC(=O)O)cc4)c23)cc1. The van der Waals surface area contributed by atoms with Crippen LogP contribution >= 0.6 is 11.3 Å². The number of nitrogens with zero attached hydrogens (tertiary/aromatic N) is 2. The van der Waals surface area contributed by atoms with Crippen LogP contribution in [0.1, 0.15) is 23.2 Å². The largest absolute Gasteiger partial charge is 0.494 e. The van der Waals surface area contributed by atoms with Crippen molar-refractivity contribution in [1.82, 2.24) is 9.97 Å². The fourth-order valence-electron chi connectivity index (χ4n) is 3.56. The molecule has 31 heavy (non-hydrogen) atoms. The van der Waals surface area contributed by atoms with Crippen LogP contribution in [0.4, 0.5) is 11.5 Å². The van der Waals surface area contributed by atoms with Gasteiger partial charge in [-0.2, -0.15) is 0 Å². The maximum Gasteiger partial charge on any atom is 0.307 e. The quantitative estimate of drug-likeness (QED) is 0.386. The molecule has 0 unspecified atom stereocenters. The van der Waals surface area contributed by atoms with Crippen molar-refractivity contribution < 1.29 is 14.6 Å². The summed E-state index contributed by atoms with van der Waals surface area (Å²) in [5.74, 6) is 1.43. The van der Waals surface area contributed by atoms with E-state index in [1.54, 1.807) is 11.3 Å². The third kappa shape index (κ3) is 4.51. The zero-order chi connectivity index (χ0) is 22.0. The van der Waals surface area contributed by atoms with Gasteiger partial charge in [0.1, 0.15) is 22.2 Å². The average Bonchev–Trinajstić information content (AvgIpc) is 3.05. The Balaban J connectivity index is 1.76. The fraction of sp³-hybridized carbons (Fsp3) is 0.208. The first-order valence-corrected chi connectivity index (χ1v) is 10.8. The van der Waals surface area contributed by atoms with Gasteiger partial charge in [0.15, 0.2) is 0 Å². The van der Waals surface area contributed by atoms with Crippen LogP contribution in [-0.2, 0) is 11.2 Å². The summed E-state index contributed by atoms with van der Waals surface area (Å²) in [6, 6.07) is 15.4. The summed E-state index contributed by atoms with van der Waals surface area (Å²) in [6.45, 7) is 6.58. The minimum absolute atomic E-state index is 0.00273. The van der Waals surface area contributed by atoms with Gasteiger partial charge in [-0.1, -0.05) is 24.3 Å². The van der Waals surface area contributed by atoms with Crippen LogP contribution in [0.25, 0.3) is 21.3 Å². The maximum absolute atomic E-state index is 10.9. The van der Waals surface area contributed by atoms with Crippen LogP contribution in [0, 0.1) is 13.8 Å². The molecule has 7 heteroatoms. The second-order valence-electron chi connectivity index (χ2n) is 7.18. The Morgan fingerprint density at radius 2 is 1.77 bits per heavy atom. The van der Waals surface area contributed by atoms with Crippen molar-refractivity contribution in [1.29, 1.82) is 0 Å². The number of anilines is 2. The standard InChI is InChI=1S/C24H23N3O3S/c1-4-30-19-11-7-17(8-12-19)21-14(2)31-24-22(21)23(25-15(3)26-24)27-18-9-5-16(6-10-18)13-20(28)29/h5-12H,4,13H2,1-3H3,(H,28,29)(H,25,26,27). The summed E-state index contributed by atoms with van der Waals surface area (Å²) in [4.78, 5) is 22.4. The lowest BCUT2D eigenvalue weighted by atomic mass is 10.0. The van der Waals surface area contributed by atoms with Gasteiger partial charge >= 0.3 is 5.97 Å². The Hall–Kier alpha value is -3.45. The third-order valence-electron chi connectivity index (χ3n) is 4.87. The molecule has 0 saturated carbocycles. The van der Waals surface area contributed by atoms with E-state index in [0.717, 1.165) is 44.2 Å². The zero-order valence-electron chi connectivity index (χ0n) is 17.6. The van der Waals surface area contributed by atoms with Gasteiger partial charge in [0.05, 0.1) is 18.4 Å². The smallest absolute Gasteiger partial charge is 0.307 e. The van der Waals surface area contributed by atoms with Crippen molar-refractivity contribution in [2.75, 3.05) is 11.9 Å². The van der Waals surface area contributed by atoms with Crippen LogP contribution < -0.4 is 10.1 Å². The lowest BCUT2D eigenvalue weighted by Crippen LogP contribution is -2.01. The minimum Gasteiger partial charge on any atom is -0.494 e. The molecule has 0 bridgehead atoms. The van der Waals surface area contributed by atoms with E-state index in [9.17, 15) is 4.79 Å². The summed E-state index contributed by atoms with van der Waals surface area (Å²) in [7, 11) is 0. The number of carboxylic acid groups (broad SMARTS) is 1. The first kappa shape index (κ1) is 20.8. The highest BCUT2D eigenvalue weighted by molar-refractivity contribution is 7.19. The summed E-state index contributed by atoms with van der Waals surface area (Å²) in [6.07, 6.45) is 0.00273. The predicted molar refractivity (Wildman–Crippen MR) is 125 cm³/mol. The Morgan fingerprint density at radius 3 is 2.42 bits per heavy atom. The molecule has 158 valence electrons. The number of rotatable bonds is 7. The second-order valence-corrected chi connectivity index (χ2v) is 8.39. The number of hydrogen-bond acceptors (Lipinski definition) is 6. The molecule has 2 aromatic heterocycles. The van der Waals surface area contributed by atoms with E-state index in [0.29, 0.717) is 12.4 Å². The topological polar surface area (TPSA) is 84.3 Å². The normalized spacial score (nSPS) is 10.9. The molecular formula is C24H23N3O3S. The molecule has 6 nitrogen and oxygen atoms in total. The molecular weight excluding hydrogens is 410 g/mol. The van der Waals surface area contributed by atoms with Crippen LogP contribution in [-0.4, -0.2) is 27.7 Å². The van der Waals surface area contributed by atoms with Crippen molar-refractivity contribution >= 4 is 39.0 Å². The Labute approximate surface area is 184 Å². The van der Waals surface area contributed by atoms with E-state index in [2.05, 4.69) is 34.3 Å². The fourth-order valence-corrected chi connectivity index (χ4v) is 4.65. The van der Waals surface area contributed by atoms with Crippen molar-refractivity contribution in [3.63, 3.8) is 0 Å². The molecule has 0 aliphatic heterocycles. The Morgan fingerprint density at radius 1 is 1.06 bits per heavy atom. The number of ether oxygens (including phenoxy) is 1. The van der Waals surface area contributed by atoms with E-state index in [1.165, 1.54) is 4.88 Å². The highest BCUT2D eigenvalue weighted by Gasteiger charge is 2.18. The van der Waals surface area contributed by atoms with Gasteiger partial charge in [-0.25, -0.2) is 9.97 Å². The molecule has 0 atom stereocenters. The van der Waals surface area contributed by atoms with Crippen LogP contribution in [0.3, 0.4) is 0 Å². The summed E-state index contributed by atoms with van der Waals surface area (Å²) < 4.78 is 5.58.